The number of rotatable bonds is 3. The third kappa shape index (κ3) is 3.02. The first-order chi connectivity index (χ1) is 9.70. The fourth-order valence-corrected chi connectivity index (χ4v) is 2.62. The van der Waals surface area contributed by atoms with Crippen molar-refractivity contribution in [3.05, 3.63) is 47.8 Å². The average Bonchev–Trinajstić information content (AvgIpc) is 2.38. The minimum Gasteiger partial charge on any atom is -0.506 e. The molecule has 0 unspecified atom stereocenters. The van der Waals surface area contributed by atoms with Crippen molar-refractivity contribution in [1.29, 1.82) is 0 Å². The summed E-state index contributed by atoms with van der Waals surface area (Å²) in [6.45, 7) is 0. The first-order valence-corrected chi connectivity index (χ1v) is 6.95. The maximum absolute atomic E-state index is 13.4. The number of hydrogen-bond acceptors (Lipinski definition) is 4. The maximum Gasteiger partial charge on any atom is 0.262 e. The summed E-state index contributed by atoms with van der Waals surface area (Å²) >= 11 is 0. The summed E-state index contributed by atoms with van der Waals surface area (Å²) in [4.78, 5) is -0.401. The maximum atomic E-state index is 13.4. The van der Waals surface area contributed by atoms with Gasteiger partial charge in [-0.25, -0.2) is 21.6 Å². The summed E-state index contributed by atoms with van der Waals surface area (Å²) in [6.07, 6.45) is 0. The molecular weight excluding hydrogens is 309 g/mol. The number of aromatic hydroxyl groups is 1. The van der Waals surface area contributed by atoms with Crippen LogP contribution in [0.4, 0.5) is 24.5 Å². The first kappa shape index (κ1) is 15.0. The summed E-state index contributed by atoms with van der Waals surface area (Å²) in [5.41, 5.74) is 4.26. The highest BCUT2D eigenvalue weighted by molar-refractivity contribution is 7.92. The lowest BCUT2D eigenvalue weighted by Crippen LogP contribution is -2.15. The standard InChI is InChI=1S/C12H9F3N2O3S/c13-6-3-8(14)12(15)10(4-6)17-21(19,20)7-1-2-11(18)9(16)5-7/h1-5,17-18H,16H2. The van der Waals surface area contributed by atoms with Crippen molar-refractivity contribution in [3.63, 3.8) is 0 Å². The summed E-state index contributed by atoms with van der Waals surface area (Å²) in [5.74, 6) is -4.54. The molecule has 0 fully saturated rings. The van der Waals surface area contributed by atoms with Crippen LogP contribution in [0.1, 0.15) is 0 Å². The van der Waals surface area contributed by atoms with Crippen LogP contribution >= 0.6 is 0 Å². The zero-order valence-corrected chi connectivity index (χ0v) is 11.1. The second-order valence-electron chi connectivity index (χ2n) is 4.08. The van der Waals surface area contributed by atoms with Gasteiger partial charge in [0.15, 0.2) is 11.6 Å². The molecule has 0 spiro atoms. The van der Waals surface area contributed by atoms with Crippen molar-refractivity contribution >= 4 is 21.4 Å². The van der Waals surface area contributed by atoms with Gasteiger partial charge in [-0.1, -0.05) is 0 Å². The Morgan fingerprint density at radius 2 is 1.76 bits per heavy atom. The highest BCUT2D eigenvalue weighted by atomic mass is 32.2. The zero-order valence-electron chi connectivity index (χ0n) is 10.3. The predicted molar refractivity (Wildman–Crippen MR) is 69.6 cm³/mol. The van der Waals surface area contributed by atoms with Crippen LogP contribution in [0.3, 0.4) is 0 Å². The molecule has 2 aromatic carbocycles. The second-order valence-corrected chi connectivity index (χ2v) is 5.76. The van der Waals surface area contributed by atoms with Gasteiger partial charge in [0.25, 0.3) is 10.0 Å². The average molecular weight is 318 g/mol. The van der Waals surface area contributed by atoms with Crippen molar-refractivity contribution in [2.75, 3.05) is 10.5 Å². The lowest BCUT2D eigenvalue weighted by atomic mass is 10.3. The fraction of sp³-hybridized carbons (Fsp3) is 0. The third-order valence-electron chi connectivity index (χ3n) is 2.55. The van der Waals surface area contributed by atoms with Gasteiger partial charge in [-0.2, -0.15) is 0 Å². The van der Waals surface area contributed by atoms with E-state index in [2.05, 4.69) is 0 Å². The minimum absolute atomic E-state index is 0.219. The summed E-state index contributed by atoms with van der Waals surface area (Å²) in [7, 11) is -4.32. The van der Waals surface area contributed by atoms with Gasteiger partial charge in [0.05, 0.1) is 16.3 Å². The molecule has 0 aromatic heterocycles. The molecule has 9 heteroatoms. The van der Waals surface area contributed by atoms with Crippen LogP contribution in [0.5, 0.6) is 5.75 Å². The van der Waals surface area contributed by atoms with E-state index in [1.807, 2.05) is 0 Å². The summed E-state index contributed by atoms with van der Waals surface area (Å²) < 4.78 is 65.1. The summed E-state index contributed by atoms with van der Waals surface area (Å²) in [5, 5.41) is 9.22. The molecule has 0 aliphatic rings. The van der Waals surface area contributed by atoms with Crippen molar-refractivity contribution in [2.45, 2.75) is 4.90 Å². The minimum atomic E-state index is -4.32. The zero-order chi connectivity index (χ0) is 15.8. The van der Waals surface area contributed by atoms with E-state index in [1.54, 1.807) is 4.72 Å². The number of hydrogen-bond donors (Lipinski definition) is 3. The molecule has 0 atom stereocenters. The topological polar surface area (TPSA) is 92.4 Å². The Hall–Kier alpha value is -2.42. The van der Waals surface area contributed by atoms with Gasteiger partial charge in [-0.15, -0.1) is 0 Å². The van der Waals surface area contributed by atoms with E-state index in [9.17, 15) is 26.7 Å². The number of halogens is 3. The van der Waals surface area contributed by atoms with Gasteiger partial charge < -0.3 is 10.8 Å². The van der Waals surface area contributed by atoms with Crippen molar-refractivity contribution < 1.29 is 26.7 Å². The predicted octanol–water partition coefficient (Wildman–Crippen LogP) is 2.19. The molecular formula is C12H9F3N2O3S. The van der Waals surface area contributed by atoms with E-state index < -0.39 is 38.1 Å². The molecule has 2 rings (SSSR count). The Balaban J connectivity index is 2.44. The molecule has 5 nitrogen and oxygen atoms in total. The quantitative estimate of drug-likeness (QED) is 0.459. The molecule has 0 saturated heterocycles. The van der Waals surface area contributed by atoms with Crippen LogP contribution in [0.2, 0.25) is 0 Å². The molecule has 0 bridgehead atoms. The van der Waals surface area contributed by atoms with Gasteiger partial charge in [-0.3, -0.25) is 4.72 Å². The smallest absolute Gasteiger partial charge is 0.262 e. The van der Waals surface area contributed by atoms with Gasteiger partial charge >= 0.3 is 0 Å². The lowest BCUT2D eigenvalue weighted by molar-refractivity contribution is 0.477. The number of nitrogens with one attached hydrogen (secondary N) is 1. The van der Waals surface area contributed by atoms with Gasteiger partial charge in [0.2, 0.25) is 0 Å². The number of anilines is 2. The van der Waals surface area contributed by atoms with E-state index in [0.29, 0.717) is 6.07 Å². The van der Waals surface area contributed by atoms with Crippen LogP contribution < -0.4 is 10.5 Å². The van der Waals surface area contributed by atoms with E-state index >= 15 is 0 Å². The monoisotopic (exact) mass is 318 g/mol. The van der Waals surface area contributed by atoms with Crippen LogP contribution in [0.15, 0.2) is 35.2 Å². The highest BCUT2D eigenvalue weighted by Gasteiger charge is 2.20. The van der Waals surface area contributed by atoms with Crippen molar-refractivity contribution in [2.24, 2.45) is 0 Å². The number of benzene rings is 2. The van der Waals surface area contributed by atoms with Gasteiger partial charge in [0, 0.05) is 12.1 Å². The Bertz CT molecular complexity index is 810. The molecule has 2 aromatic rings. The Morgan fingerprint density at radius 1 is 1.10 bits per heavy atom. The van der Waals surface area contributed by atoms with Crippen LogP contribution in [-0.2, 0) is 10.0 Å². The van der Waals surface area contributed by atoms with Gasteiger partial charge in [0.1, 0.15) is 11.6 Å². The highest BCUT2D eigenvalue weighted by Crippen LogP contribution is 2.26. The third-order valence-corrected chi connectivity index (χ3v) is 3.91. The number of phenols is 1. The SMILES string of the molecule is Nc1cc(S(=O)(=O)Nc2cc(F)cc(F)c2F)ccc1O. The van der Waals surface area contributed by atoms with Crippen LogP contribution in [-0.4, -0.2) is 13.5 Å². The number of phenolic OH excluding ortho intramolecular Hbond substituents is 1. The van der Waals surface area contributed by atoms with E-state index in [1.165, 1.54) is 0 Å². The molecule has 0 aliphatic carbocycles. The number of sulfonamides is 1. The van der Waals surface area contributed by atoms with Crippen LogP contribution in [0.25, 0.3) is 0 Å². The normalized spacial score (nSPS) is 11.4. The molecule has 4 N–H and O–H groups in total. The van der Waals surface area contributed by atoms with E-state index in [0.717, 1.165) is 18.2 Å². The van der Waals surface area contributed by atoms with E-state index in [-0.39, 0.29) is 17.5 Å². The largest absolute Gasteiger partial charge is 0.506 e. The molecule has 0 saturated carbocycles. The van der Waals surface area contributed by atoms with Crippen LogP contribution in [0, 0.1) is 17.5 Å². The van der Waals surface area contributed by atoms with Crippen molar-refractivity contribution in [1.82, 2.24) is 0 Å². The Labute approximate surface area is 117 Å². The molecule has 0 radical (unpaired) electrons. The van der Waals surface area contributed by atoms with Gasteiger partial charge in [-0.05, 0) is 18.2 Å². The second kappa shape index (κ2) is 5.17. The number of nitrogens with two attached hydrogens (primary N) is 1. The molecule has 0 aliphatic heterocycles. The Kier molecular flexibility index (Phi) is 3.69. The van der Waals surface area contributed by atoms with E-state index in [4.69, 9.17) is 5.73 Å². The fourth-order valence-electron chi connectivity index (χ4n) is 1.53. The first-order valence-electron chi connectivity index (χ1n) is 5.46. The Morgan fingerprint density at radius 3 is 2.38 bits per heavy atom. The summed E-state index contributed by atoms with van der Waals surface area (Å²) in [6, 6.07) is 3.73. The molecule has 0 heterocycles. The number of nitrogen functional groups attached to an aromatic ring is 1. The molecule has 21 heavy (non-hydrogen) atoms. The molecule has 0 amide bonds. The van der Waals surface area contributed by atoms with Crippen molar-refractivity contribution in [3.8, 4) is 5.75 Å². The lowest BCUT2D eigenvalue weighted by Gasteiger charge is -2.10. The molecule has 112 valence electrons.